The van der Waals surface area contributed by atoms with Crippen molar-refractivity contribution in [2.45, 2.75) is 40.2 Å². The summed E-state index contributed by atoms with van der Waals surface area (Å²) in [5, 5.41) is 0.365. The van der Waals surface area contributed by atoms with Gasteiger partial charge >= 0.3 is 0 Å². The van der Waals surface area contributed by atoms with E-state index in [1.54, 1.807) is 13.2 Å². The Morgan fingerprint density at radius 3 is 2.54 bits per heavy atom. The highest BCUT2D eigenvalue weighted by Gasteiger charge is 2.20. The molecule has 0 saturated carbocycles. The van der Waals surface area contributed by atoms with Crippen molar-refractivity contribution >= 4 is 22.8 Å². The number of aryl methyl sites for hydroxylation is 2. The second-order valence-corrected chi connectivity index (χ2v) is 7.52. The largest absolute Gasteiger partial charge is 0.481 e. The highest BCUT2D eigenvalue weighted by atomic mass is 35.5. The molecule has 0 amide bonds. The Balaban J connectivity index is 2.11. The first-order valence-electron chi connectivity index (χ1n) is 9.64. The predicted octanol–water partition coefficient (Wildman–Crippen LogP) is 4.67. The Morgan fingerprint density at radius 1 is 1.18 bits per heavy atom. The van der Waals surface area contributed by atoms with Gasteiger partial charge < -0.3 is 14.2 Å². The standard InChI is InChI=1S/C21H28ClN5O/c1-7-15(12-26(5)8-2)27-11-13(3)18-21(27)23-14(4)19(25-18)16-9-10-17(28-6)24-20(16)22/h9-11,15H,7-8,12H2,1-6H3/t15-/m1/s1. The van der Waals surface area contributed by atoms with Crippen LogP contribution in [0.25, 0.3) is 22.4 Å². The van der Waals surface area contributed by atoms with Gasteiger partial charge in [-0.15, -0.1) is 0 Å². The number of aromatic nitrogens is 4. The normalized spacial score (nSPS) is 12.7. The molecule has 0 saturated heterocycles. The Bertz CT molecular complexity index is 985. The minimum absolute atomic E-state index is 0.354. The number of pyridine rings is 1. The van der Waals surface area contributed by atoms with Gasteiger partial charge in [0.1, 0.15) is 10.7 Å². The quantitative estimate of drug-likeness (QED) is 0.538. The summed E-state index contributed by atoms with van der Waals surface area (Å²) in [6, 6.07) is 4.03. The minimum atomic E-state index is 0.354. The van der Waals surface area contributed by atoms with Crippen molar-refractivity contribution in [3.8, 4) is 17.1 Å². The van der Waals surface area contributed by atoms with E-state index in [1.165, 1.54) is 0 Å². The van der Waals surface area contributed by atoms with Crippen LogP contribution in [0.3, 0.4) is 0 Å². The topological polar surface area (TPSA) is 56.1 Å². The monoisotopic (exact) mass is 401 g/mol. The fourth-order valence-corrected chi connectivity index (χ4v) is 3.66. The van der Waals surface area contributed by atoms with Crippen LogP contribution in [0.4, 0.5) is 0 Å². The molecule has 3 aromatic rings. The van der Waals surface area contributed by atoms with Gasteiger partial charge in [-0.3, -0.25) is 0 Å². The molecule has 0 spiro atoms. The molecule has 0 aliphatic heterocycles. The summed E-state index contributed by atoms with van der Waals surface area (Å²) in [5.41, 5.74) is 5.29. The molecule has 0 radical (unpaired) electrons. The second kappa shape index (κ2) is 8.45. The van der Waals surface area contributed by atoms with Gasteiger partial charge in [0.2, 0.25) is 5.88 Å². The molecule has 0 aliphatic carbocycles. The molecule has 28 heavy (non-hydrogen) atoms. The summed E-state index contributed by atoms with van der Waals surface area (Å²) < 4.78 is 7.42. The third-order valence-electron chi connectivity index (χ3n) is 5.22. The molecular formula is C21H28ClN5O. The van der Waals surface area contributed by atoms with Gasteiger partial charge in [-0.25, -0.2) is 15.0 Å². The lowest BCUT2D eigenvalue weighted by atomic mass is 10.1. The third kappa shape index (κ3) is 3.84. The van der Waals surface area contributed by atoms with Gasteiger partial charge in [0, 0.05) is 30.4 Å². The molecule has 7 heteroatoms. The van der Waals surface area contributed by atoms with Crippen molar-refractivity contribution < 1.29 is 4.74 Å². The van der Waals surface area contributed by atoms with Gasteiger partial charge in [0.15, 0.2) is 5.65 Å². The summed E-state index contributed by atoms with van der Waals surface area (Å²) in [7, 11) is 3.72. The molecule has 3 heterocycles. The van der Waals surface area contributed by atoms with E-state index in [9.17, 15) is 0 Å². The number of hydrogen-bond acceptors (Lipinski definition) is 5. The van der Waals surface area contributed by atoms with Gasteiger partial charge in [-0.2, -0.15) is 0 Å². The van der Waals surface area contributed by atoms with Crippen molar-refractivity contribution in [2.75, 3.05) is 27.2 Å². The maximum Gasteiger partial charge on any atom is 0.214 e. The second-order valence-electron chi connectivity index (χ2n) is 7.16. The van der Waals surface area contributed by atoms with Crippen LogP contribution in [0.5, 0.6) is 5.88 Å². The van der Waals surface area contributed by atoms with E-state index in [-0.39, 0.29) is 0 Å². The average Bonchev–Trinajstić information content (AvgIpc) is 3.00. The number of methoxy groups -OCH3 is 1. The van der Waals surface area contributed by atoms with Crippen molar-refractivity contribution in [1.82, 2.24) is 24.4 Å². The van der Waals surface area contributed by atoms with Gasteiger partial charge in [-0.1, -0.05) is 25.4 Å². The Morgan fingerprint density at radius 2 is 1.93 bits per heavy atom. The van der Waals surface area contributed by atoms with E-state index < -0.39 is 0 Å². The fourth-order valence-electron chi connectivity index (χ4n) is 3.43. The third-order valence-corrected chi connectivity index (χ3v) is 5.51. The zero-order chi connectivity index (χ0) is 20.4. The highest BCUT2D eigenvalue weighted by Crippen LogP contribution is 2.32. The van der Waals surface area contributed by atoms with Gasteiger partial charge in [0.05, 0.1) is 18.5 Å². The number of hydrogen-bond donors (Lipinski definition) is 0. The predicted molar refractivity (Wildman–Crippen MR) is 114 cm³/mol. The Labute approximate surface area is 171 Å². The zero-order valence-corrected chi connectivity index (χ0v) is 18.2. The molecular weight excluding hydrogens is 374 g/mol. The Kier molecular flexibility index (Phi) is 6.20. The summed E-state index contributed by atoms with van der Waals surface area (Å²) in [6.45, 7) is 10.4. The van der Waals surface area contributed by atoms with Crippen LogP contribution >= 0.6 is 11.6 Å². The van der Waals surface area contributed by atoms with Crippen LogP contribution in [0.15, 0.2) is 18.3 Å². The molecule has 0 unspecified atom stereocenters. The maximum absolute atomic E-state index is 6.39. The minimum Gasteiger partial charge on any atom is -0.481 e. The van der Waals surface area contributed by atoms with E-state index in [1.807, 2.05) is 13.0 Å². The molecule has 0 bridgehead atoms. The molecule has 0 N–H and O–H groups in total. The van der Waals surface area contributed by atoms with Crippen LogP contribution in [0.2, 0.25) is 5.15 Å². The Hall–Kier alpha value is -2.18. The fraction of sp³-hybridized carbons (Fsp3) is 0.476. The van der Waals surface area contributed by atoms with E-state index in [4.69, 9.17) is 26.3 Å². The van der Waals surface area contributed by atoms with Crippen LogP contribution in [0.1, 0.15) is 37.6 Å². The first kappa shape index (κ1) is 20.6. The number of fused-ring (bicyclic) bond motifs is 1. The molecule has 0 aliphatic rings. The molecule has 6 nitrogen and oxygen atoms in total. The average molecular weight is 402 g/mol. The zero-order valence-electron chi connectivity index (χ0n) is 17.5. The van der Waals surface area contributed by atoms with Crippen LogP contribution in [0, 0.1) is 13.8 Å². The number of rotatable bonds is 7. The molecule has 0 fully saturated rings. The molecule has 150 valence electrons. The number of ether oxygens (including phenoxy) is 1. The highest BCUT2D eigenvalue weighted by molar-refractivity contribution is 6.32. The summed E-state index contributed by atoms with van der Waals surface area (Å²) in [6.07, 6.45) is 3.20. The number of halogens is 1. The van der Waals surface area contributed by atoms with Crippen molar-refractivity contribution in [3.63, 3.8) is 0 Å². The summed E-state index contributed by atoms with van der Waals surface area (Å²) in [4.78, 5) is 16.4. The van der Waals surface area contributed by atoms with E-state index >= 15 is 0 Å². The lowest BCUT2D eigenvalue weighted by molar-refractivity contribution is 0.285. The van der Waals surface area contributed by atoms with Crippen molar-refractivity contribution in [2.24, 2.45) is 0 Å². The summed E-state index contributed by atoms with van der Waals surface area (Å²) in [5.74, 6) is 0.480. The lowest BCUT2D eigenvalue weighted by Crippen LogP contribution is -2.27. The van der Waals surface area contributed by atoms with Gasteiger partial charge in [0.25, 0.3) is 0 Å². The molecule has 3 aromatic heterocycles. The lowest BCUT2D eigenvalue weighted by Gasteiger charge is -2.24. The van der Waals surface area contributed by atoms with Crippen LogP contribution in [-0.2, 0) is 0 Å². The van der Waals surface area contributed by atoms with E-state index in [0.717, 1.165) is 53.2 Å². The SMILES string of the molecule is CC[C@H](CN(C)CC)n1cc(C)c2nc(-c3ccc(OC)nc3Cl)c(C)nc21. The van der Waals surface area contributed by atoms with Crippen molar-refractivity contribution in [3.05, 3.63) is 34.7 Å². The smallest absolute Gasteiger partial charge is 0.214 e. The first-order chi connectivity index (χ1) is 13.4. The van der Waals surface area contributed by atoms with Gasteiger partial charge in [-0.05, 0) is 45.5 Å². The van der Waals surface area contributed by atoms with Crippen molar-refractivity contribution in [1.29, 1.82) is 0 Å². The first-order valence-corrected chi connectivity index (χ1v) is 10.0. The van der Waals surface area contributed by atoms with Crippen LogP contribution in [-0.4, -0.2) is 51.7 Å². The van der Waals surface area contributed by atoms with Crippen LogP contribution < -0.4 is 4.74 Å². The maximum atomic E-state index is 6.39. The van der Waals surface area contributed by atoms with E-state index in [0.29, 0.717) is 17.1 Å². The molecule has 0 aromatic carbocycles. The summed E-state index contributed by atoms with van der Waals surface area (Å²) >= 11 is 6.39. The number of nitrogens with zero attached hydrogens (tertiary/aromatic N) is 5. The van der Waals surface area contributed by atoms with E-state index in [2.05, 4.69) is 48.5 Å². The molecule has 1 atom stereocenters. The molecule has 3 rings (SSSR count). The number of likely N-dealkylation sites (N-methyl/N-ethyl adjacent to an activating group) is 1.